The van der Waals surface area contributed by atoms with Crippen molar-refractivity contribution >= 4 is 0 Å². The van der Waals surface area contributed by atoms with Crippen molar-refractivity contribution in [3.63, 3.8) is 0 Å². The third-order valence-electron chi connectivity index (χ3n) is 2.02. The molecule has 1 N–H and O–H groups in total. The van der Waals surface area contributed by atoms with Crippen LogP contribution >= 0.6 is 0 Å². The minimum absolute atomic E-state index is 0.0347. The molecule has 0 bridgehead atoms. The molecular formula is C6H10O. The summed E-state index contributed by atoms with van der Waals surface area (Å²) < 4.78 is 14.8. The van der Waals surface area contributed by atoms with Gasteiger partial charge in [-0.05, 0) is 30.5 Å². The molecule has 0 saturated heterocycles. The van der Waals surface area contributed by atoms with Gasteiger partial charge in [-0.2, -0.15) is 0 Å². The van der Waals surface area contributed by atoms with E-state index in [-0.39, 0.29) is 17.9 Å². The van der Waals surface area contributed by atoms with Gasteiger partial charge in [0.05, 0.1) is 0 Å². The van der Waals surface area contributed by atoms with Gasteiger partial charge in [-0.1, -0.05) is 0 Å². The number of rotatable bonds is 1. The molecular weight excluding hydrogens is 88.1 g/mol. The molecule has 7 heavy (non-hydrogen) atoms. The van der Waals surface area contributed by atoms with Gasteiger partial charge in [0.1, 0.15) is 0 Å². The summed E-state index contributed by atoms with van der Waals surface area (Å²) in [6.07, 6.45) is 0.957. The highest BCUT2D eigenvalue weighted by Crippen LogP contribution is 2.70. The fraction of sp³-hybridized carbons (Fsp3) is 1.00. The summed E-state index contributed by atoms with van der Waals surface area (Å²) in [4.78, 5) is 0. The monoisotopic (exact) mass is 100 g/mol. The Balaban J connectivity index is 2.16. The van der Waals surface area contributed by atoms with Gasteiger partial charge < -0.3 is 5.11 Å². The maximum Gasteiger partial charge on any atom is 0.0464 e. The topological polar surface area (TPSA) is 20.2 Å². The summed E-state index contributed by atoms with van der Waals surface area (Å²) in [5.74, 6) is -0.0370. The van der Waals surface area contributed by atoms with Crippen molar-refractivity contribution in [3.8, 4) is 0 Å². The lowest BCUT2D eigenvalue weighted by molar-refractivity contribution is 0.267. The molecule has 2 saturated carbocycles. The predicted octanol–water partition coefficient (Wildman–Crippen LogP) is 0.779. The first-order valence-electron chi connectivity index (χ1n) is 3.76. The molecule has 0 aromatic rings. The lowest BCUT2D eigenvalue weighted by Crippen LogP contribution is -1.85. The van der Waals surface area contributed by atoms with Crippen molar-refractivity contribution in [1.82, 2.24) is 0 Å². The molecule has 0 aromatic heterocycles. The van der Waals surface area contributed by atoms with E-state index in [0.717, 1.165) is 12.8 Å². The van der Waals surface area contributed by atoms with Crippen LogP contribution in [-0.2, 0) is 0 Å². The van der Waals surface area contributed by atoms with E-state index in [9.17, 15) is 0 Å². The van der Waals surface area contributed by atoms with Gasteiger partial charge in [-0.3, -0.25) is 0 Å². The highest BCUT2D eigenvalue weighted by Gasteiger charge is 2.61. The first kappa shape index (κ1) is 2.49. The van der Waals surface area contributed by atoms with Gasteiger partial charge in [-0.15, -0.1) is 0 Å². The molecule has 1 nitrogen and oxygen atoms in total. The van der Waals surface area contributed by atoms with E-state index >= 15 is 0 Å². The van der Waals surface area contributed by atoms with Crippen LogP contribution in [0.3, 0.4) is 0 Å². The lowest BCUT2D eigenvalue weighted by atomic mass is 10.3. The molecule has 2 aliphatic carbocycles. The number of aliphatic hydroxyl groups excluding tert-OH is 1. The Labute approximate surface area is 46.2 Å². The summed E-state index contributed by atoms with van der Waals surface area (Å²) in [6.45, 7) is 0.0347. The molecule has 2 rings (SSSR count). The minimum Gasteiger partial charge on any atom is -0.396 e. The van der Waals surface area contributed by atoms with Crippen molar-refractivity contribution in [3.05, 3.63) is 0 Å². The normalized spacial score (nSPS) is 53.0. The van der Waals surface area contributed by atoms with Gasteiger partial charge in [0.15, 0.2) is 0 Å². The largest absolute Gasteiger partial charge is 0.396 e. The molecule has 1 atom stereocenters. The molecule has 1 spiro atoms. The first-order chi connectivity index (χ1) is 4.15. The standard InChI is InChI=1S/C6H10O/c7-4-5-3-6(5)1-2-6/h5,7H,1-4H2/i3D2. The van der Waals surface area contributed by atoms with E-state index in [4.69, 9.17) is 7.85 Å². The average molecular weight is 100 g/mol. The minimum atomic E-state index is -1.03. The van der Waals surface area contributed by atoms with Crippen LogP contribution in [0.25, 0.3) is 0 Å². The quantitative estimate of drug-likeness (QED) is 0.516. The molecule has 1 unspecified atom stereocenters. The third-order valence-corrected chi connectivity index (χ3v) is 2.02. The van der Waals surface area contributed by atoms with E-state index in [0.29, 0.717) is 0 Å². The van der Waals surface area contributed by atoms with Gasteiger partial charge >= 0.3 is 0 Å². The smallest absolute Gasteiger partial charge is 0.0464 e. The molecule has 2 fully saturated rings. The van der Waals surface area contributed by atoms with E-state index < -0.39 is 6.37 Å². The van der Waals surface area contributed by atoms with E-state index in [1.54, 1.807) is 0 Å². The van der Waals surface area contributed by atoms with Crippen LogP contribution in [-0.4, -0.2) is 11.7 Å². The lowest BCUT2D eigenvalue weighted by Gasteiger charge is -1.81. The Kier molecular flexibility index (Phi) is 0.311. The van der Waals surface area contributed by atoms with Gasteiger partial charge in [0.2, 0.25) is 0 Å². The maximum atomic E-state index is 8.68. The summed E-state index contributed by atoms with van der Waals surface area (Å²) >= 11 is 0. The van der Waals surface area contributed by atoms with Crippen molar-refractivity contribution in [1.29, 1.82) is 0 Å². The number of hydrogen-bond donors (Lipinski definition) is 1. The van der Waals surface area contributed by atoms with Crippen LogP contribution in [0.2, 0.25) is 0 Å². The zero-order valence-electron chi connectivity index (χ0n) is 6.15. The Bertz CT molecular complexity index is 147. The fourth-order valence-corrected chi connectivity index (χ4v) is 1.15. The molecule has 1 heteroatoms. The Morgan fingerprint density at radius 2 is 2.57 bits per heavy atom. The molecule has 0 aromatic carbocycles. The number of hydrogen-bond acceptors (Lipinski definition) is 1. The second-order valence-electron chi connectivity index (χ2n) is 2.54. The molecule has 40 valence electrons. The molecule has 0 heterocycles. The summed E-state index contributed by atoms with van der Waals surface area (Å²) in [5.41, 5.74) is -0.0538. The van der Waals surface area contributed by atoms with Crippen LogP contribution in [0, 0.1) is 11.3 Å². The van der Waals surface area contributed by atoms with E-state index in [2.05, 4.69) is 0 Å². The fourth-order valence-electron chi connectivity index (χ4n) is 1.15. The van der Waals surface area contributed by atoms with Gasteiger partial charge in [0, 0.05) is 9.35 Å². The van der Waals surface area contributed by atoms with Crippen molar-refractivity contribution in [2.24, 2.45) is 11.3 Å². The summed E-state index contributed by atoms with van der Waals surface area (Å²) in [6, 6.07) is 0. The van der Waals surface area contributed by atoms with E-state index in [1.807, 2.05) is 0 Å². The summed E-state index contributed by atoms with van der Waals surface area (Å²) in [7, 11) is 0. The van der Waals surface area contributed by atoms with Gasteiger partial charge in [0.25, 0.3) is 0 Å². The third kappa shape index (κ3) is 0.367. The van der Waals surface area contributed by atoms with Crippen molar-refractivity contribution in [2.45, 2.75) is 19.2 Å². The van der Waals surface area contributed by atoms with Crippen LogP contribution in [0.15, 0.2) is 0 Å². The van der Waals surface area contributed by atoms with Crippen LogP contribution in [0.5, 0.6) is 0 Å². The molecule has 2 aliphatic rings. The Morgan fingerprint density at radius 1 is 1.86 bits per heavy atom. The highest BCUT2D eigenvalue weighted by molar-refractivity contribution is 5.11. The highest BCUT2D eigenvalue weighted by atomic mass is 16.3. The Morgan fingerprint density at radius 3 is 2.71 bits per heavy atom. The zero-order valence-corrected chi connectivity index (χ0v) is 4.15. The Hall–Kier alpha value is -0.0400. The second-order valence-corrected chi connectivity index (χ2v) is 2.54. The number of aliphatic hydroxyl groups is 1. The molecule has 0 amide bonds. The zero-order chi connectivity index (χ0) is 6.70. The first-order valence-corrected chi connectivity index (χ1v) is 2.76. The average Bonchev–Trinajstić information content (AvgIpc) is 2.54. The van der Waals surface area contributed by atoms with Crippen LogP contribution < -0.4 is 0 Å². The molecule has 0 aliphatic heterocycles. The van der Waals surface area contributed by atoms with Crippen LogP contribution in [0.4, 0.5) is 0 Å². The van der Waals surface area contributed by atoms with Gasteiger partial charge in [-0.25, -0.2) is 0 Å². The maximum absolute atomic E-state index is 8.68. The SMILES string of the molecule is [2H]C1([2H])C(CO)C12CC2. The second kappa shape index (κ2) is 0.873. The summed E-state index contributed by atoms with van der Waals surface area (Å²) in [5, 5.41) is 8.68. The predicted molar refractivity (Wildman–Crippen MR) is 26.9 cm³/mol. The van der Waals surface area contributed by atoms with Crippen molar-refractivity contribution < 1.29 is 7.85 Å². The van der Waals surface area contributed by atoms with E-state index in [1.165, 1.54) is 0 Å². The van der Waals surface area contributed by atoms with Crippen molar-refractivity contribution in [2.75, 3.05) is 6.61 Å². The van der Waals surface area contributed by atoms with Crippen LogP contribution in [0.1, 0.15) is 22.0 Å². The molecule has 0 radical (unpaired) electrons.